The van der Waals surface area contributed by atoms with E-state index in [2.05, 4.69) is 32.1 Å². The highest BCUT2D eigenvalue weighted by atomic mass is 16.5. The lowest BCUT2D eigenvalue weighted by Crippen LogP contribution is -2.47. The number of hydrogen-bond donors (Lipinski definition) is 1. The number of carbonyl (C=O) groups is 1. The van der Waals surface area contributed by atoms with Crippen LogP contribution in [0.3, 0.4) is 0 Å². The summed E-state index contributed by atoms with van der Waals surface area (Å²) < 4.78 is 5.16. The molecule has 0 atom stereocenters. The summed E-state index contributed by atoms with van der Waals surface area (Å²) in [5.41, 5.74) is 2.69. The van der Waals surface area contributed by atoms with E-state index in [4.69, 9.17) is 4.74 Å². The molecule has 6 heteroatoms. The van der Waals surface area contributed by atoms with E-state index in [-0.39, 0.29) is 5.91 Å². The monoisotopic (exact) mass is 422 g/mol. The lowest BCUT2D eigenvalue weighted by atomic mass is 10.1. The first-order valence-corrected chi connectivity index (χ1v) is 11.4. The molecule has 0 aromatic heterocycles. The maximum Gasteiger partial charge on any atom is 0.255 e. The average molecular weight is 423 g/mol. The number of methoxy groups -OCH3 is 1. The quantitative estimate of drug-likeness (QED) is 0.708. The summed E-state index contributed by atoms with van der Waals surface area (Å²) in [4.78, 5) is 20.2. The molecule has 2 aromatic carbocycles. The zero-order valence-electron chi connectivity index (χ0n) is 18.6. The van der Waals surface area contributed by atoms with Crippen LogP contribution >= 0.6 is 0 Å². The van der Waals surface area contributed by atoms with Gasteiger partial charge in [-0.2, -0.15) is 0 Å². The van der Waals surface area contributed by atoms with Crippen molar-refractivity contribution < 1.29 is 9.53 Å². The third-order valence-corrected chi connectivity index (χ3v) is 6.34. The number of piperazine rings is 1. The minimum Gasteiger partial charge on any atom is -0.497 e. The van der Waals surface area contributed by atoms with Crippen LogP contribution in [0, 0.1) is 0 Å². The molecule has 1 amide bonds. The SMILES string of the molecule is COc1ccc(C(=O)Nc2cccc(CN3CCN(CCN4CCCC4)CC3)c2)cc1. The van der Waals surface area contributed by atoms with Crippen LogP contribution in [0.5, 0.6) is 5.75 Å². The van der Waals surface area contributed by atoms with Crippen LogP contribution in [0.1, 0.15) is 28.8 Å². The fourth-order valence-electron chi connectivity index (χ4n) is 4.41. The van der Waals surface area contributed by atoms with E-state index in [0.29, 0.717) is 5.56 Å². The Kier molecular flexibility index (Phi) is 7.57. The Bertz CT molecular complexity index is 841. The van der Waals surface area contributed by atoms with Crippen molar-refractivity contribution in [2.24, 2.45) is 0 Å². The zero-order chi connectivity index (χ0) is 21.5. The summed E-state index contributed by atoms with van der Waals surface area (Å²) in [5, 5.41) is 3.01. The van der Waals surface area contributed by atoms with Crippen molar-refractivity contribution in [2.75, 3.05) is 64.8 Å². The molecular weight excluding hydrogens is 388 g/mol. The molecule has 0 saturated carbocycles. The number of amides is 1. The molecular formula is C25H34N4O2. The van der Waals surface area contributed by atoms with Gasteiger partial charge in [0.2, 0.25) is 0 Å². The third-order valence-electron chi connectivity index (χ3n) is 6.34. The van der Waals surface area contributed by atoms with E-state index in [0.717, 1.165) is 44.2 Å². The maximum atomic E-state index is 12.5. The predicted octanol–water partition coefficient (Wildman–Crippen LogP) is 3.16. The molecule has 2 saturated heterocycles. The largest absolute Gasteiger partial charge is 0.497 e. The highest BCUT2D eigenvalue weighted by molar-refractivity contribution is 6.04. The van der Waals surface area contributed by atoms with Crippen LogP contribution in [-0.4, -0.2) is 80.1 Å². The molecule has 2 heterocycles. The molecule has 2 aromatic rings. The second-order valence-corrected chi connectivity index (χ2v) is 8.55. The molecule has 1 N–H and O–H groups in total. The fourth-order valence-corrected chi connectivity index (χ4v) is 4.41. The summed E-state index contributed by atoms with van der Waals surface area (Å²) in [6, 6.07) is 15.4. The van der Waals surface area contributed by atoms with Crippen LogP contribution in [0.4, 0.5) is 5.69 Å². The lowest BCUT2D eigenvalue weighted by molar-refractivity contribution is 0.102. The van der Waals surface area contributed by atoms with Gasteiger partial charge >= 0.3 is 0 Å². The molecule has 6 nitrogen and oxygen atoms in total. The van der Waals surface area contributed by atoms with Gasteiger partial charge in [0.1, 0.15) is 5.75 Å². The molecule has 0 unspecified atom stereocenters. The van der Waals surface area contributed by atoms with Gasteiger partial charge in [0.15, 0.2) is 0 Å². The Hall–Kier alpha value is -2.41. The van der Waals surface area contributed by atoms with E-state index >= 15 is 0 Å². The number of likely N-dealkylation sites (tertiary alicyclic amines) is 1. The standard InChI is InChI=1S/C25H34N4O2/c1-31-24-9-7-22(8-10-24)25(30)26-23-6-4-5-21(19-23)20-29-17-15-28(16-18-29)14-13-27-11-2-3-12-27/h4-10,19H,2-3,11-18,20H2,1H3,(H,26,30). The smallest absolute Gasteiger partial charge is 0.255 e. The fraction of sp³-hybridized carbons (Fsp3) is 0.480. The van der Waals surface area contributed by atoms with Crippen molar-refractivity contribution in [1.82, 2.24) is 14.7 Å². The second kappa shape index (κ2) is 10.8. The molecule has 166 valence electrons. The van der Waals surface area contributed by atoms with Gasteiger partial charge in [-0.05, 0) is 67.9 Å². The van der Waals surface area contributed by atoms with Gasteiger partial charge in [-0.3, -0.25) is 14.6 Å². The highest BCUT2D eigenvalue weighted by Gasteiger charge is 2.19. The Morgan fingerprint density at radius 1 is 0.871 bits per heavy atom. The van der Waals surface area contributed by atoms with Gasteiger partial charge in [-0.1, -0.05) is 12.1 Å². The van der Waals surface area contributed by atoms with Crippen LogP contribution < -0.4 is 10.1 Å². The molecule has 2 fully saturated rings. The van der Waals surface area contributed by atoms with Crippen LogP contribution in [-0.2, 0) is 6.54 Å². The van der Waals surface area contributed by atoms with Gasteiger partial charge < -0.3 is 15.0 Å². The van der Waals surface area contributed by atoms with Gasteiger partial charge in [0.25, 0.3) is 5.91 Å². The number of rotatable bonds is 8. The minimum absolute atomic E-state index is 0.105. The van der Waals surface area contributed by atoms with Crippen molar-refractivity contribution in [2.45, 2.75) is 19.4 Å². The average Bonchev–Trinajstić information content (AvgIpc) is 3.33. The summed E-state index contributed by atoms with van der Waals surface area (Å²) in [7, 11) is 1.62. The predicted molar refractivity (Wildman–Crippen MR) is 125 cm³/mol. The van der Waals surface area contributed by atoms with E-state index in [1.54, 1.807) is 31.4 Å². The Morgan fingerprint density at radius 3 is 2.19 bits per heavy atom. The number of nitrogens with one attached hydrogen (secondary N) is 1. The first-order valence-electron chi connectivity index (χ1n) is 11.4. The number of nitrogens with zero attached hydrogens (tertiary/aromatic N) is 3. The highest BCUT2D eigenvalue weighted by Crippen LogP contribution is 2.17. The molecule has 0 spiro atoms. The molecule has 0 bridgehead atoms. The lowest BCUT2D eigenvalue weighted by Gasteiger charge is -2.35. The summed E-state index contributed by atoms with van der Waals surface area (Å²) >= 11 is 0. The number of hydrogen-bond acceptors (Lipinski definition) is 5. The van der Waals surface area contributed by atoms with E-state index in [1.807, 2.05) is 12.1 Å². The number of benzene rings is 2. The molecule has 0 radical (unpaired) electrons. The number of anilines is 1. The van der Waals surface area contributed by atoms with Crippen molar-refractivity contribution in [3.63, 3.8) is 0 Å². The summed E-state index contributed by atoms with van der Waals surface area (Å²) in [6.45, 7) is 10.4. The maximum absolute atomic E-state index is 12.5. The second-order valence-electron chi connectivity index (χ2n) is 8.55. The number of carbonyl (C=O) groups excluding carboxylic acids is 1. The molecule has 31 heavy (non-hydrogen) atoms. The Balaban J connectivity index is 1.24. The molecule has 2 aliphatic heterocycles. The van der Waals surface area contributed by atoms with Crippen LogP contribution in [0.2, 0.25) is 0 Å². The molecule has 0 aliphatic carbocycles. The number of ether oxygens (including phenoxy) is 1. The van der Waals surface area contributed by atoms with Gasteiger partial charge in [0, 0.05) is 57.1 Å². The first-order chi connectivity index (χ1) is 15.2. The third kappa shape index (κ3) is 6.29. The van der Waals surface area contributed by atoms with Crippen molar-refractivity contribution >= 4 is 11.6 Å². The van der Waals surface area contributed by atoms with Crippen LogP contribution in [0.15, 0.2) is 48.5 Å². The summed E-state index contributed by atoms with van der Waals surface area (Å²) in [5.74, 6) is 0.640. The molecule has 4 rings (SSSR count). The first kappa shape index (κ1) is 21.8. The van der Waals surface area contributed by atoms with Gasteiger partial charge in [0.05, 0.1) is 7.11 Å². The van der Waals surface area contributed by atoms with E-state index in [9.17, 15) is 4.79 Å². The van der Waals surface area contributed by atoms with Crippen LogP contribution in [0.25, 0.3) is 0 Å². The zero-order valence-corrected chi connectivity index (χ0v) is 18.6. The topological polar surface area (TPSA) is 48.1 Å². The van der Waals surface area contributed by atoms with E-state index < -0.39 is 0 Å². The minimum atomic E-state index is -0.105. The van der Waals surface area contributed by atoms with Crippen molar-refractivity contribution in [3.8, 4) is 5.75 Å². The normalized spacial score (nSPS) is 18.2. The van der Waals surface area contributed by atoms with Crippen molar-refractivity contribution in [3.05, 3.63) is 59.7 Å². The Labute approximate surface area is 185 Å². The molecule has 2 aliphatic rings. The van der Waals surface area contributed by atoms with Crippen molar-refractivity contribution in [1.29, 1.82) is 0 Å². The van der Waals surface area contributed by atoms with Gasteiger partial charge in [-0.25, -0.2) is 0 Å². The van der Waals surface area contributed by atoms with E-state index in [1.165, 1.54) is 44.6 Å². The van der Waals surface area contributed by atoms with Gasteiger partial charge in [-0.15, -0.1) is 0 Å². The summed E-state index contributed by atoms with van der Waals surface area (Å²) in [6.07, 6.45) is 2.74. The Morgan fingerprint density at radius 2 is 1.52 bits per heavy atom.